The number of hydrogen-bond acceptors (Lipinski definition) is 3. The zero-order valence-corrected chi connectivity index (χ0v) is 14.7. The predicted molar refractivity (Wildman–Crippen MR) is 94.6 cm³/mol. The topological polar surface area (TPSA) is 40.5 Å². The maximum Gasteiger partial charge on any atom is 0.306 e. The lowest BCUT2D eigenvalue weighted by Gasteiger charge is -2.36. The SMILES string of the molecule is O=C(O)C1CCN(C(c2cccc(Cl)c2)c2ccc(Cl)s2)CC1. The molecule has 1 saturated heterocycles. The number of thiophene rings is 1. The van der Waals surface area contributed by atoms with E-state index >= 15 is 0 Å². The first-order chi connectivity index (χ1) is 11.0. The number of carbonyl (C=O) groups is 1. The smallest absolute Gasteiger partial charge is 0.306 e. The van der Waals surface area contributed by atoms with Crippen LogP contribution in [0.15, 0.2) is 36.4 Å². The van der Waals surface area contributed by atoms with Crippen LogP contribution < -0.4 is 0 Å². The second-order valence-corrected chi connectivity index (χ2v) is 7.93. The second kappa shape index (κ2) is 7.22. The zero-order chi connectivity index (χ0) is 16.4. The number of likely N-dealkylation sites (tertiary alicyclic amines) is 1. The Bertz CT molecular complexity index is 695. The van der Waals surface area contributed by atoms with Gasteiger partial charge in [-0.2, -0.15) is 0 Å². The number of rotatable bonds is 4. The lowest BCUT2D eigenvalue weighted by atomic mass is 9.94. The van der Waals surface area contributed by atoms with Crippen molar-refractivity contribution >= 4 is 40.5 Å². The molecule has 1 aliphatic heterocycles. The van der Waals surface area contributed by atoms with E-state index in [2.05, 4.69) is 11.0 Å². The minimum atomic E-state index is -0.692. The van der Waals surface area contributed by atoms with Crippen LogP contribution in [-0.4, -0.2) is 29.1 Å². The molecule has 0 bridgehead atoms. The molecule has 3 nitrogen and oxygen atoms in total. The van der Waals surface area contributed by atoms with Crippen LogP contribution in [-0.2, 0) is 4.79 Å². The molecule has 0 aliphatic carbocycles. The fourth-order valence-electron chi connectivity index (χ4n) is 3.11. The minimum absolute atomic E-state index is 0.0703. The summed E-state index contributed by atoms with van der Waals surface area (Å²) in [6, 6.07) is 11.9. The Morgan fingerprint density at radius 1 is 1.22 bits per heavy atom. The van der Waals surface area contributed by atoms with Gasteiger partial charge in [-0.3, -0.25) is 9.69 Å². The van der Waals surface area contributed by atoms with Gasteiger partial charge in [-0.1, -0.05) is 35.3 Å². The monoisotopic (exact) mass is 369 g/mol. The van der Waals surface area contributed by atoms with Gasteiger partial charge in [0.25, 0.3) is 0 Å². The first-order valence-corrected chi connectivity index (χ1v) is 9.09. The molecule has 1 unspecified atom stereocenters. The summed E-state index contributed by atoms with van der Waals surface area (Å²) in [6.07, 6.45) is 1.34. The molecule has 23 heavy (non-hydrogen) atoms. The van der Waals surface area contributed by atoms with Gasteiger partial charge in [0.1, 0.15) is 0 Å². The molecule has 1 fully saturated rings. The lowest BCUT2D eigenvalue weighted by molar-refractivity contribution is -0.143. The van der Waals surface area contributed by atoms with Crippen molar-refractivity contribution in [3.63, 3.8) is 0 Å². The molecule has 1 aromatic carbocycles. The van der Waals surface area contributed by atoms with Gasteiger partial charge in [0, 0.05) is 9.90 Å². The lowest BCUT2D eigenvalue weighted by Crippen LogP contribution is -2.39. The third kappa shape index (κ3) is 3.89. The van der Waals surface area contributed by atoms with Crippen molar-refractivity contribution in [1.82, 2.24) is 4.90 Å². The van der Waals surface area contributed by atoms with Crippen molar-refractivity contribution in [3.05, 3.63) is 56.2 Å². The Morgan fingerprint density at radius 2 is 1.96 bits per heavy atom. The molecule has 0 amide bonds. The molecule has 1 aliphatic rings. The molecule has 2 aromatic rings. The number of benzene rings is 1. The zero-order valence-electron chi connectivity index (χ0n) is 12.4. The third-order valence-corrected chi connectivity index (χ3v) is 5.79. The molecule has 1 atom stereocenters. The number of piperidine rings is 1. The molecule has 6 heteroatoms. The fraction of sp³-hybridized carbons (Fsp3) is 0.353. The Balaban J connectivity index is 1.89. The maximum atomic E-state index is 11.2. The summed E-state index contributed by atoms with van der Waals surface area (Å²) in [5.41, 5.74) is 1.12. The molecular weight excluding hydrogens is 353 g/mol. The number of hydrogen-bond donors (Lipinski definition) is 1. The average Bonchev–Trinajstić information content (AvgIpc) is 2.94. The van der Waals surface area contributed by atoms with E-state index in [0.29, 0.717) is 17.9 Å². The van der Waals surface area contributed by atoms with Crippen LogP contribution in [0, 0.1) is 5.92 Å². The van der Waals surface area contributed by atoms with Crippen molar-refractivity contribution in [2.24, 2.45) is 5.92 Å². The molecule has 1 N–H and O–H groups in total. The average molecular weight is 370 g/mol. The van der Waals surface area contributed by atoms with Crippen molar-refractivity contribution < 1.29 is 9.90 Å². The Morgan fingerprint density at radius 3 is 2.52 bits per heavy atom. The largest absolute Gasteiger partial charge is 0.481 e. The highest BCUT2D eigenvalue weighted by molar-refractivity contribution is 7.16. The predicted octanol–water partition coefficient (Wildman–Crippen LogP) is 4.94. The van der Waals surface area contributed by atoms with Crippen LogP contribution >= 0.6 is 34.5 Å². The minimum Gasteiger partial charge on any atom is -0.481 e. The van der Waals surface area contributed by atoms with Crippen LogP contribution in [0.2, 0.25) is 9.36 Å². The molecule has 0 radical (unpaired) electrons. The normalized spacial score (nSPS) is 18.0. The summed E-state index contributed by atoms with van der Waals surface area (Å²) in [5.74, 6) is -0.929. The van der Waals surface area contributed by atoms with Crippen LogP contribution in [0.1, 0.15) is 29.3 Å². The number of carboxylic acid groups (broad SMARTS) is 1. The number of carboxylic acids is 1. The van der Waals surface area contributed by atoms with Gasteiger partial charge >= 0.3 is 5.97 Å². The first-order valence-electron chi connectivity index (χ1n) is 7.52. The molecule has 0 spiro atoms. The maximum absolute atomic E-state index is 11.2. The van der Waals surface area contributed by atoms with Gasteiger partial charge in [-0.25, -0.2) is 0 Å². The summed E-state index contributed by atoms with van der Waals surface area (Å²) in [6.45, 7) is 1.51. The quantitative estimate of drug-likeness (QED) is 0.829. The van der Waals surface area contributed by atoms with Crippen molar-refractivity contribution in [1.29, 1.82) is 0 Å². The molecule has 0 saturated carbocycles. The molecule has 1 aromatic heterocycles. The summed E-state index contributed by atoms with van der Waals surface area (Å²) in [7, 11) is 0. The van der Waals surface area contributed by atoms with Gasteiger partial charge in [0.2, 0.25) is 0 Å². The van der Waals surface area contributed by atoms with E-state index in [0.717, 1.165) is 27.9 Å². The van der Waals surface area contributed by atoms with E-state index in [1.54, 1.807) is 11.3 Å². The highest BCUT2D eigenvalue weighted by Crippen LogP contribution is 2.38. The van der Waals surface area contributed by atoms with Crippen LogP contribution in [0.3, 0.4) is 0 Å². The van der Waals surface area contributed by atoms with Crippen molar-refractivity contribution in [2.75, 3.05) is 13.1 Å². The second-order valence-electron chi connectivity index (χ2n) is 5.75. The van der Waals surface area contributed by atoms with Gasteiger partial charge in [0.15, 0.2) is 0 Å². The van der Waals surface area contributed by atoms with Crippen LogP contribution in [0.4, 0.5) is 0 Å². The highest BCUT2D eigenvalue weighted by atomic mass is 35.5. The molecule has 3 rings (SSSR count). The van der Waals surface area contributed by atoms with Crippen molar-refractivity contribution in [3.8, 4) is 0 Å². The van der Waals surface area contributed by atoms with E-state index < -0.39 is 5.97 Å². The highest BCUT2D eigenvalue weighted by Gasteiger charge is 2.30. The Labute approximate surface area is 149 Å². The molecular formula is C17H17Cl2NO2S. The Hall–Kier alpha value is -1.07. The number of nitrogens with zero attached hydrogens (tertiary/aromatic N) is 1. The van der Waals surface area contributed by atoms with Gasteiger partial charge in [-0.15, -0.1) is 11.3 Å². The van der Waals surface area contributed by atoms with E-state index in [1.807, 2.05) is 30.3 Å². The molecule has 122 valence electrons. The van der Waals surface area contributed by atoms with E-state index in [4.69, 9.17) is 23.2 Å². The standard InChI is InChI=1S/C17H17Cl2NO2S/c18-13-3-1-2-12(10-13)16(14-4-5-15(19)23-14)20-8-6-11(7-9-20)17(21)22/h1-5,10-11,16H,6-9H2,(H,21,22). The van der Waals surface area contributed by atoms with Gasteiger partial charge in [-0.05, 0) is 55.8 Å². The van der Waals surface area contributed by atoms with E-state index in [1.165, 1.54) is 0 Å². The fourth-order valence-corrected chi connectivity index (χ4v) is 4.53. The molecule has 2 heterocycles. The van der Waals surface area contributed by atoms with Crippen LogP contribution in [0.25, 0.3) is 0 Å². The Kier molecular flexibility index (Phi) is 5.27. The van der Waals surface area contributed by atoms with Gasteiger partial charge < -0.3 is 5.11 Å². The summed E-state index contributed by atoms with van der Waals surface area (Å²) < 4.78 is 0.757. The number of halogens is 2. The third-order valence-electron chi connectivity index (χ3n) is 4.27. The van der Waals surface area contributed by atoms with Crippen LogP contribution in [0.5, 0.6) is 0 Å². The summed E-state index contributed by atoms with van der Waals surface area (Å²) in [5, 5.41) is 9.89. The first kappa shape index (κ1) is 16.8. The number of aliphatic carboxylic acids is 1. The summed E-state index contributed by atoms with van der Waals surface area (Å²) in [4.78, 5) is 14.7. The van der Waals surface area contributed by atoms with Crippen molar-refractivity contribution in [2.45, 2.75) is 18.9 Å². The van der Waals surface area contributed by atoms with Gasteiger partial charge in [0.05, 0.1) is 16.3 Å². The summed E-state index contributed by atoms with van der Waals surface area (Å²) >= 11 is 13.9. The van der Waals surface area contributed by atoms with E-state index in [9.17, 15) is 9.90 Å². The van der Waals surface area contributed by atoms with E-state index in [-0.39, 0.29) is 12.0 Å².